The van der Waals surface area contributed by atoms with Gasteiger partial charge >= 0.3 is 0 Å². The second-order valence-electron chi connectivity index (χ2n) is 7.42. The van der Waals surface area contributed by atoms with E-state index in [0.29, 0.717) is 5.82 Å². The molecule has 6 nitrogen and oxygen atoms in total. The van der Waals surface area contributed by atoms with Gasteiger partial charge in [-0.25, -0.2) is 4.68 Å². The molecule has 0 bridgehead atoms. The van der Waals surface area contributed by atoms with Gasteiger partial charge in [-0.2, -0.15) is 9.90 Å². The van der Waals surface area contributed by atoms with Crippen molar-refractivity contribution in [2.45, 2.75) is 44.5 Å². The van der Waals surface area contributed by atoms with E-state index in [1.54, 1.807) is 16.6 Å². The second-order valence-corrected chi connectivity index (χ2v) is 8.39. The summed E-state index contributed by atoms with van der Waals surface area (Å²) in [7, 11) is 0. The summed E-state index contributed by atoms with van der Waals surface area (Å²) in [6.07, 6.45) is 1.84. The summed E-state index contributed by atoms with van der Waals surface area (Å²) < 4.78 is 1.99. The maximum atomic E-state index is 4.69. The highest BCUT2D eigenvalue weighted by Gasteiger charge is 2.19. The Balaban J connectivity index is 1.77. The van der Waals surface area contributed by atoms with Crippen molar-refractivity contribution in [3.63, 3.8) is 0 Å². The molecule has 0 atom stereocenters. The van der Waals surface area contributed by atoms with Crippen molar-refractivity contribution in [3.8, 4) is 17.1 Å². The van der Waals surface area contributed by atoms with Crippen molar-refractivity contribution >= 4 is 11.8 Å². The first kappa shape index (κ1) is 19.4. The van der Waals surface area contributed by atoms with Gasteiger partial charge in [-0.05, 0) is 61.7 Å². The van der Waals surface area contributed by atoms with Gasteiger partial charge in [0.15, 0.2) is 0 Å². The number of tetrazole rings is 1. The standard InChI is InChI=1S/C22H24N6S/c1-15(2)28-25-21(24-26-28)20-13-23-27(19-11-16(3)10-17(4)12-19)22(20)29-14-18-8-6-5-7-9-18/h5-13,15H,14H2,1-4H3. The molecule has 4 aromatic rings. The fourth-order valence-corrected chi connectivity index (χ4v) is 4.23. The summed E-state index contributed by atoms with van der Waals surface area (Å²) >= 11 is 1.74. The zero-order valence-corrected chi connectivity index (χ0v) is 17.9. The number of thioether (sulfide) groups is 1. The van der Waals surface area contributed by atoms with Crippen molar-refractivity contribution < 1.29 is 0 Å². The van der Waals surface area contributed by atoms with Crippen molar-refractivity contribution in [1.29, 1.82) is 0 Å². The van der Waals surface area contributed by atoms with E-state index in [1.807, 2.05) is 30.8 Å². The third kappa shape index (κ3) is 4.24. The van der Waals surface area contributed by atoms with E-state index in [9.17, 15) is 0 Å². The molecule has 0 saturated heterocycles. The van der Waals surface area contributed by atoms with Crippen LogP contribution in [0, 0.1) is 13.8 Å². The minimum atomic E-state index is 0.158. The van der Waals surface area contributed by atoms with E-state index in [4.69, 9.17) is 5.10 Å². The number of hydrogen-bond acceptors (Lipinski definition) is 5. The van der Waals surface area contributed by atoms with E-state index in [1.165, 1.54) is 16.7 Å². The Bertz CT molecular complexity index is 1090. The Kier molecular flexibility index (Phi) is 5.49. The average molecular weight is 405 g/mol. The van der Waals surface area contributed by atoms with Gasteiger partial charge in [-0.3, -0.25) is 0 Å². The van der Waals surface area contributed by atoms with E-state index in [0.717, 1.165) is 22.0 Å². The Morgan fingerprint density at radius 2 is 1.72 bits per heavy atom. The number of aromatic nitrogens is 6. The van der Waals surface area contributed by atoms with Crippen molar-refractivity contribution in [1.82, 2.24) is 30.0 Å². The predicted octanol–water partition coefficient (Wildman–Crippen LogP) is 5.02. The number of aryl methyl sites for hydroxylation is 2. The fraction of sp³-hybridized carbons (Fsp3) is 0.273. The number of benzene rings is 2. The van der Waals surface area contributed by atoms with E-state index < -0.39 is 0 Å². The highest BCUT2D eigenvalue weighted by atomic mass is 32.2. The molecule has 0 unspecified atom stereocenters. The Labute approximate surface area is 175 Å². The maximum Gasteiger partial charge on any atom is 0.209 e. The lowest BCUT2D eigenvalue weighted by atomic mass is 10.1. The summed E-state index contributed by atoms with van der Waals surface area (Å²) in [6.45, 7) is 8.28. The lowest BCUT2D eigenvalue weighted by molar-refractivity contribution is 0.455. The van der Waals surface area contributed by atoms with Crippen LogP contribution < -0.4 is 0 Å². The quantitative estimate of drug-likeness (QED) is 0.423. The number of hydrogen-bond donors (Lipinski definition) is 0. The first-order chi connectivity index (χ1) is 14.0. The lowest BCUT2D eigenvalue weighted by Crippen LogP contribution is -2.04. The van der Waals surface area contributed by atoms with E-state index in [-0.39, 0.29) is 6.04 Å². The van der Waals surface area contributed by atoms with Crippen LogP contribution in [-0.4, -0.2) is 30.0 Å². The van der Waals surface area contributed by atoms with Crippen molar-refractivity contribution in [2.75, 3.05) is 0 Å². The zero-order valence-electron chi connectivity index (χ0n) is 17.1. The monoisotopic (exact) mass is 404 g/mol. The summed E-state index contributed by atoms with van der Waals surface area (Å²) in [5.74, 6) is 1.44. The van der Waals surface area contributed by atoms with E-state index >= 15 is 0 Å². The predicted molar refractivity (Wildman–Crippen MR) is 116 cm³/mol. The molecule has 0 fully saturated rings. The van der Waals surface area contributed by atoms with Crippen LogP contribution in [0.1, 0.15) is 36.6 Å². The largest absolute Gasteiger partial charge is 0.226 e. The van der Waals surface area contributed by atoms with Gasteiger partial charge in [0.1, 0.15) is 5.03 Å². The Hall–Kier alpha value is -2.93. The molecule has 0 aliphatic carbocycles. The summed E-state index contributed by atoms with van der Waals surface area (Å²) in [5.41, 5.74) is 5.62. The van der Waals surface area contributed by atoms with Crippen LogP contribution in [0.25, 0.3) is 17.1 Å². The average Bonchev–Trinajstić information content (AvgIpc) is 3.33. The zero-order chi connectivity index (χ0) is 20.4. The van der Waals surface area contributed by atoms with Crippen LogP contribution in [0.2, 0.25) is 0 Å². The van der Waals surface area contributed by atoms with Gasteiger partial charge in [0.2, 0.25) is 5.82 Å². The van der Waals surface area contributed by atoms with Gasteiger partial charge < -0.3 is 0 Å². The third-order valence-electron chi connectivity index (χ3n) is 4.53. The molecule has 2 heterocycles. The summed E-state index contributed by atoms with van der Waals surface area (Å²) in [6, 6.07) is 17.1. The molecule has 4 rings (SSSR count). The topological polar surface area (TPSA) is 61.4 Å². The normalized spacial score (nSPS) is 11.3. The van der Waals surface area contributed by atoms with Gasteiger partial charge in [0.05, 0.1) is 23.5 Å². The SMILES string of the molecule is Cc1cc(C)cc(-n2ncc(-c3nnn(C(C)C)n3)c2SCc2ccccc2)c1. The molecule has 7 heteroatoms. The van der Waals surface area contributed by atoms with Crippen molar-refractivity contribution in [2.24, 2.45) is 0 Å². The van der Waals surface area contributed by atoms with Crippen LogP contribution in [0.15, 0.2) is 59.8 Å². The first-order valence-corrected chi connectivity index (χ1v) is 10.6. The van der Waals surface area contributed by atoms with Gasteiger partial charge in [-0.1, -0.05) is 36.4 Å². The molecule has 0 saturated carbocycles. The van der Waals surface area contributed by atoms with Crippen LogP contribution >= 0.6 is 11.8 Å². The van der Waals surface area contributed by atoms with Gasteiger partial charge in [-0.15, -0.1) is 22.0 Å². The molecule has 0 amide bonds. The van der Waals surface area contributed by atoms with Gasteiger partial charge in [0.25, 0.3) is 0 Å². The number of rotatable bonds is 6. The highest BCUT2D eigenvalue weighted by molar-refractivity contribution is 7.98. The molecule has 0 radical (unpaired) electrons. The Morgan fingerprint density at radius 3 is 2.38 bits per heavy atom. The number of nitrogens with zero attached hydrogens (tertiary/aromatic N) is 6. The van der Waals surface area contributed by atoms with Crippen molar-refractivity contribution in [3.05, 3.63) is 71.4 Å². The molecule has 0 N–H and O–H groups in total. The lowest BCUT2D eigenvalue weighted by Gasteiger charge is -2.10. The smallest absolute Gasteiger partial charge is 0.209 e. The Morgan fingerprint density at radius 1 is 1.00 bits per heavy atom. The highest BCUT2D eigenvalue weighted by Crippen LogP contribution is 2.34. The molecule has 0 aliphatic rings. The van der Waals surface area contributed by atoms with Crippen LogP contribution in [-0.2, 0) is 5.75 Å². The molecule has 0 aliphatic heterocycles. The fourth-order valence-electron chi connectivity index (χ4n) is 3.16. The minimum Gasteiger partial charge on any atom is -0.226 e. The first-order valence-electron chi connectivity index (χ1n) is 9.64. The van der Waals surface area contributed by atoms with Crippen LogP contribution in [0.5, 0.6) is 0 Å². The maximum absolute atomic E-state index is 4.69. The molecular formula is C22H24N6S. The van der Waals surface area contributed by atoms with Crippen LogP contribution in [0.4, 0.5) is 0 Å². The van der Waals surface area contributed by atoms with Gasteiger partial charge in [0, 0.05) is 5.75 Å². The molecule has 0 spiro atoms. The van der Waals surface area contributed by atoms with E-state index in [2.05, 4.69) is 71.7 Å². The molecule has 2 aromatic heterocycles. The molecule has 2 aromatic carbocycles. The minimum absolute atomic E-state index is 0.158. The molecule has 29 heavy (non-hydrogen) atoms. The molecular weight excluding hydrogens is 380 g/mol. The second kappa shape index (κ2) is 8.21. The summed E-state index contributed by atoms with van der Waals surface area (Å²) in [4.78, 5) is 1.63. The molecule has 148 valence electrons. The summed E-state index contributed by atoms with van der Waals surface area (Å²) in [5, 5.41) is 18.7. The van der Waals surface area contributed by atoms with Crippen LogP contribution in [0.3, 0.4) is 0 Å². The third-order valence-corrected chi connectivity index (χ3v) is 5.67.